The average Bonchev–Trinajstić information content (AvgIpc) is 3.50. The summed E-state index contributed by atoms with van der Waals surface area (Å²) in [6.45, 7) is 0. The number of rotatable bonds is 3. The standard InChI is InChI=1S/C41H29NOS/c1-2-8-26(9-3-1)35-23-30(41-32-11-5-4-10-27(32)18-20-42-41)14-16-31(35)28-15-17-38-36(22-28)33-12-6-7-13-34(33)37-25-40-29(19-21-44-40)24-39(37)43-38/h1-18,20,22-24,40H,19,21,25H2. The van der Waals surface area contributed by atoms with E-state index in [2.05, 4.69) is 139 Å². The van der Waals surface area contributed by atoms with Gasteiger partial charge in [-0.2, -0.15) is 11.8 Å². The van der Waals surface area contributed by atoms with Gasteiger partial charge in [-0.25, -0.2) is 0 Å². The Balaban J connectivity index is 1.21. The van der Waals surface area contributed by atoms with Crippen molar-refractivity contribution < 1.29 is 4.74 Å². The maximum Gasteiger partial charge on any atom is 0.135 e. The van der Waals surface area contributed by atoms with Gasteiger partial charge in [0.1, 0.15) is 11.5 Å². The molecule has 1 aliphatic carbocycles. The summed E-state index contributed by atoms with van der Waals surface area (Å²) < 4.78 is 6.76. The summed E-state index contributed by atoms with van der Waals surface area (Å²) in [5.74, 6) is 3.15. The summed E-state index contributed by atoms with van der Waals surface area (Å²) in [6.07, 6.45) is 6.44. The zero-order valence-corrected chi connectivity index (χ0v) is 25.0. The minimum absolute atomic E-state index is 0.574. The fourth-order valence-electron chi connectivity index (χ4n) is 7.06. The lowest BCUT2D eigenvalue weighted by molar-refractivity contribution is 0.445. The van der Waals surface area contributed by atoms with Crippen molar-refractivity contribution in [1.82, 2.24) is 4.98 Å². The highest BCUT2D eigenvalue weighted by Crippen LogP contribution is 2.50. The van der Waals surface area contributed by atoms with Crippen LogP contribution in [0.25, 0.3) is 61.0 Å². The first-order valence-electron chi connectivity index (χ1n) is 15.3. The van der Waals surface area contributed by atoms with Gasteiger partial charge in [0.25, 0.3) is 0 Å². The molecule has 9 rings (SSSR count). The van der Waals surface area contributed by atoms with Crippen LogP contribution in [0.4, 0.5) is 0 Å². The Labute approximate surface area is 261 Å². The Bertz CT molecular complexity index is 2150. The Morgan fingerprint density at radius 3 is 2.36 bits per heavy atom. The van der Waals surface area contributed by atoms with Crippen LogP contribution in [0.5, 0.6) is 5.75 Å². The number of allylic oxidation sites excluding steroid dienone is 2. The highest BCUT2D eigenvalue weighted by molar-refractivity contribution is 8.00. The molecule has 3 heterocycles. The quantitative estimate of drug-likeness (QED) is 0.207. The predicted octanol–water partition coefficient (Wildman–Crippen LogP) is 10.8. The van der Waals surface area contributed by atoms with Crippen LogP contribution in [0.3, 0.4) is 0 Å². The lowest BCUT2D eigenvalue weighted by Crippen LogP contribution is -2.11. The number of fused-ring (bicyclic) bond motifs is 6. The molecule has 0 amide bonds. The van der Waals surface area contributed by atoms with E-state index in [1.807, 2.05) is 6.20 Å². The highest BCUT2D eigenvalue weighted by Gasteiger charge is 2.32. The smallest absolute Gasteiger partial charge is 0.135 e. The zero-order chi connectivity index (χ0) is 29.0. The van der Waals surface area contributed by atoms with E-state index in [9.17, 15) is 0 Å². The molecule has 6 aromatic rings. The second-order valence-corrected chi connectivity index (χ2v) is 13.1. The SMILES string of the molecule is C1=C2CCSC2CC2=C1Oc1ccc(-c3ccc(-c4nccc5ccccc45)cc3-c3ccccc3)cc1-c1ccccc12. The normalized spacial score (nSPS) is 16.7. The molecule has 1 fully saturated rings. The number of benzene rings is 5. The van der Waals surface area contributed by atoms with Crippen LogP contribution in [0.1, 0.15) is 18.4 Å². The molecule has 0 bridgehead atoms. The number of hydrogen-bond donors (Lipinski definition) is 0. The molecule has 44 heavy (non-hydrogen) atoms. The molecular weight excluding hydrogens is 555 g/mol. The van der Waals surface area contributed by atoms with Crippen LogP contribution < -0.4 is 4.74 Å². The van der Waals surface area contributed by atoms with E-state index in [-0.39, 0.29) is 0 Å². The Morgan fingerprint density at radius 2 is 1.43 bits per heavy atom. The summed E-state index contributed by atoms with van der Waals surface area (Å²) in [5, 5.41) is 2.93. The van der Waals surface area contributed by atoms with Gasteiger partial charge in [0.15, 0.2) is 0 Å². The minimum Gasteiger partial charge on any atom is -0.456 e. The summed E-state index contributed by atoms with van der Waals surface area (Å²) in [7, 11) is 0. The van der Waals surface area contributed by atoms with Crippen molar-refractivity contribution >= 4 is 28.1 Å². The number of ether oxygens (including phenoxy) is 1. The largest absolute Gasteiger partial charge is 0.456 e. The molecule has 0 radical (unpaired) electrons. The second kappa shape index (κ2) is 10.4. The third kappa shape index (κ3) is 4.23. The van der Waals surface area contributed by atoms with Crippen molar-refractivity contribution in [2.24, 2.45) is 0 Å². The van der Waals surface area contributed by atoms with Gasteiger partial charge in [0, 0.05) is 33.5 Å². The number of nitrogens with zero attached hydrogens (tertiary/aromatic N) is 1. The van der Waals surface area contributed by atoms with E-state index in [1.54, 1.807) is 0 Å². The average molecular weight is 584 g/mol. The van der Waals surface area contributed by atoms with E-state index in [0.717, 1.165) is 46.6 Å². The van der Waals surface area contributed by atoms with Crippen molar-refractivity contribution in [3.63, 3.8) is 0 Å². The molecule has 3 aliphatic rings. The van der Waals surface area contributed by atoms with Gasteiger partial charge in [-0.3, -0.25) is 4.98 Å². The van der Waals surface area contributed by atoms with E-state index >= 15 is 0 Å². The van der Waals surface area contributed by atoms with Crippen molar-refractivity contribution in [3.8, 4) is 50.4 Å². The van der Waals surface area contributed by atoms with Gasteiger partial charge in [-0.15, -0.1) is 0 Å². The number of thioether (sulfide) groups is 1. The topological polar surface area (TPSA) is 22.1 Å². The summed E-state index contributed by atoms with van der Waals surface area (Å²) >= 11 is 2.08. The van der Waals surface area contributed by atoms with Gasteiger partial charge < -0.3 is 4.74 Å². The molecule has 1 atom stereocenters. The van der Waals surface area contributed by atoms with E-state index < -0.39 is 0 Å². The number of hydrogen-bond acceptors (Lipinski definition) is 3. The molecular formula is C41H29NOS. The monoisotopic (exact) mass is 583 g/mol. The van der Waals surface area contributed by atoms with Crippen molar-refractivity contribution in [3.05, 3.63) is 150 Å². The van der Waals surface area contributed by atoms with Crippen LogP contribution >= 0.6 is 11.8 Å². The zero-order valence-electron chi connectivity index (χ0n) is 24.2. The maximum atomic E-state index is 6.76. The number of aromatic nitrogens is 1. The van der Waals surface area contributed by atoms with Crippen LogP contribution in [-0.2, 0) is 0 Å². The van der Waals surface area contributed by atoms with Gasteiger partial charge in [0.2, 0.25) is 0 Å². The summed E-state index contributed by atoms with van der Waals surface area (Å²) in [6, 6.07) is 43.6. The van der Waals surface area contributed by atoms with Crippen molar-refractivity contribution in [2.75, 3.05) is 5.75 Å². The fourth-order valence-corrected chi connectivity index (χ4v) is 8.39. The first kappa shape index (κ1) is 25.6. The van der Waals surface area contributed by atoms with E-state index in [1.165, 1.54) is 55.7 Å². The molecule has 0 saturated carbocycles. The molecule has 2 nitrogen and oxygen atoms in total. The molecule has 0 spiro atoms. The molecule has 0 N–H and O–H groups in total. The Kier molecular flexibility index (Phi) is 6.05. The number of pyridine rings is 1. The predicted molar refractivity (Wildman–Crippen MR) is 185 cm³/mol. The van der Waals surface area contributed by atoms with E-state index in [4.69, 9.17) is 9.72 Å². The van der Waals surface area contributed by atoms with Gasteiger partial charge in [-0.1, -0.05) is 103 Å². The first-order chi connectivity index (χ1) is 21.8. The molecule has 2 aliphatic heterocycles. The molecule has 5 aromatic carbocycles. The highest BCUT2D eigenvalue weighted by atomic mass is 32.2. The van der Waals surface area contributed by atoms with Gasteiger partial charge in [0.05, 0.1) is 5.69 Å². The molecule has 1 saturated heterocycles. The maximum absolute atomic E-state index is 6.76. The molecule has 210 valence electrons. The Morgan fingerprint density at radius 1 is 0.636 bits per heavy atom. The van der Waals surface area contributed by atoms with Crippen LogP contribution in [0.15, 0.2) is 145 Å². The summed E-state index contributed by atoms with van der Waals surface area (Å²) in [5.41, 5.74) is 13.4. The third-order valence-corrected chi connectivity index (χ3v) is 10.5. The van der Waals surface area contributed by atoms with Crippen LogP contribution in [-0.4, -0.2) is 16.0 Å². The lowest BCUT2D eigenvalue weighted by Gasteiger charge is -2.22. The first-order valence-corrected chi connectivity index (χ1v) is 16.4. The van der Waals surface area contributed by atoms with Crippen LogP contribution in [0, 0.1) is 0 Å². The van der Waals surface area contributed by atoms with Crippen molar-refractivity contribution in [1.29, 1.82) is 0 Å². The molecule has 1 unspecified atom stereocenters. The molecule has 1 aromatic heterocycles. The third-order valence-electron chi connectivity index (χ3n) is 9.23. The fraction of sp³-hybridized carbons (Fsp3) is 0.0976. The Hall–Kier alpha value is -4.86. The minimum atomic E-state index is 0.574. The summed E-state index contributed by atoms with van der Waals surface area (Å²) in [4.78, 5) is 4.84. The van der Waals surface area contributed by atoms with Gasteiger partial charge >= 0.3 is 0 Å². The van der Waals surface area contributed by atoms with Gasteiger partial charge in [-0.05, 0) is 87.7 Å². The van der Waals surface area contributed by atoms with E-state index in [0.29, 0.717) is 5.25 Å². The van der Waals surface area contributed by atoms with Crippen LogP contribution in [0.2, 0.25) is 0 Å². The molecule has 3 heteroatoms. The second-order valence-electron chi connectivity index (χ2n) is 11.7. The van der Waals surface area contributed by atoms with Crippen molar-refractivity contribution in [2.45, 2.75) is 18.1 Å². The lowest BCUT2D eigenvalue weighted by atomic mass is 9.86.